The van der Waals surface area contributed by atoms with E-state index in [4.69, 9.17) is 4.74 Å². The van der Waals surface area contributed by atoms with Crippen LogP contribution in [0.15, 0.2) is 30.5 Å². The number of hydrogen-bond donors (Lipinski definition) is 1. The molecule has 106 valence electrons. The number of rotatable bonds is 7. The number of nitrogens with zero attached hydrogens (tertiary/aromatic N) is 1. The molecule has 0 aliphatic heterocycles. The third kappa shape index (κ3) is 3.35. The van der Waals surface area contributed by atoms with Crippen molar-refractivity contribution in [2.24, 2.45) is 0 Å². The molecule has 0 spiro atoms. The number of fused-ring (bicyclic) bond motifs is 1. The Labute approximate surface area is 120 Å². The predicted octanol–water partition coefficient (Wildman–Crippen LogP) is 3.07. The Morgan fingerprint density at radius 2 is 2.25 bits per heavy atom. The summed E-state index contributed by atoms with van der Waals surface area (Å²) < 4.78 is 5.14. The van der Waals surface area contributed by atoms with Gasteiger partial charge in [0.1, 0.15) is 0 Å². The summed E-state index contributed by atoms with van der Waals surface area (Å²) in [5.74, 6) is 0. The molecule has 1 saturated carbocycles. The largest absolute Gasteiger partial charge is 0.385 e. The molecule has 1 N–H and O–H groups in total. The van der Waals surface area contributed by atoms with Crippen LogP contribution in [-0.2, 0) is 17.7 Å². The highest BCUT2D eigenvalue weighted by molar-refractivity contribution is 5.82. The quantitative estimate of drug-likeness (QED) is 0.785. The maximum atomic E-state index is 5.14. The average molecular weight is 270 g/mol. The molecule has 3 nitrogen and oxygen atoms in total. The van der Waals surface area contributed by atoms with Crippen LogP contribution in [0.4, 0.5) is 0 Å². The third-order valence-electron chi connectivity index (χ3n) is 3.82. The lowest BCUT2D eigenvalue weighted by Gasteiger charge is -2.10. The molecule has 0 radical (unpaired) electrons. The van der Waals surface area contributed by atoms with Gasteiger partial charge in [0.05, 0.1) is 5.52 Å². The third-order valence-corrected chi connectivity index (χ3v) is 3.82. The van der Waals surface area contributed by atoms with E-state index in [0.717, 1.165) is 37.6 Å². The standard InChI is InChI=1S/C17H22N2O/c1-20-9-3-4-13-10-14-5-2-8-18-17(14)15(11-13)12-19-16-6-7-16/h2,5,8,10-11,16,19H,3-4,6-7,9,12H2,1H3. The second kappa shape index (κ2) is 6.33. The Kier molecular flexibility index (Phi) is 4.28. The minimum atomic E-state index is 0.728. The number of benzene rings is 1. The average Bonchev–Trinajstić information content (AvgIpc) is 3.29. The second-order valence-corrected chi connectivity index (χ2v) is 5.58. The van der Waals surface area contributed by atoms with Gasteiger partial charge in [0.2, 0.25) is 0 Å². The molecule has 2 aromatic rings. The zero-order chi connectivity index (χ0) is 13.8. The van der Waals surface area contributed by atoms with Crippen LogP contribution in [0.5, 0.6) is 0 Å². The van der Waals surface area contributed by atoms with Gasteiger partial charge in [-0.05, 0) is 48.9 Å². The Bertz CT molecular complexity index is 578. The molecule has 0 bridgehead atoms. The summed E-state index contributed by atoms with van der Waals surface area (Å²) in [5, 5.41) is 4.84. The Morgan fingerprint density at radius 3 is 3.05 bits per heavy atom. The molecule has 3 rings (SSSR count). The molecule has 0 saturated heterocycles. The lowest BCUT2D eigenvalue weighted by molar-refractivity contribution is 0.195. The van der Waals surface area contributed by atoms with Crippen molar-refractivity contribution in [2.75, 3.05) is 13.7 Å². The first-order valence-electron chi connectivity index (χ1n) is 7.45. The monoisotopic (exact) mass is 270 g/mol. The van der Waals surface area contributed by atoms with Gasteiger partial charge in [0, 0.05) is 37.9 Å². The van der Waals surface area contributed by atoms with Crippen LogP contribution < -0.4 is 5.32 Å². The van der Waals surface area contributed by atoms with Gasteiger partial charge in [-0.15, -0.1) is 0 Å². The minimum Gasteiger partial charge on any atom is -0.385 e. The van der Waals surface area contributed by atoms with Crippen molar-refractivity contribution in [2.45, 2.75) is 38.3 Å². The summed E-state index contributed by atoms with van der Waals surface area (Å²) in [6.45, 7) is 1.75. The van der Waals surface area contributed by atoms with Crippen molar-refractivity contribution in [1.29, 1.82) is 0 Å². The first-order chi connectivity index (χ1) is 9.86. The molecule has 1 aliphatic carbocycles. The molecule has 1 fully saturated rings. The maximum Gasteiger partial charge on any atom is 0.0747 e. The van der Waals surface area contributed by atoms with Crippen molar-refractivity contribution in [3.05, 3.63) is 41.6 Å². The fourth-order valence-electron chi connectivity index (χ4n) is 2.58. The SMILES string of the molecule is COCCCc1cc(CNC2CC2)c2ncccc2c1. The van der Waals surface area contributed by atoms with Gasteiger partial charge in [-0.2, -0.15) is 0 Å². The van der Waals surface area contributed by atoms with Gasteiger partial charge in [0.15, 0.2) is 0 Å². The zero-order valence-corrected chi connectivity index (χ0v) is 12.1. The van der Waals surface area contributed by atoms with E-state index >= 15 is 0 Å². The summed E-state index contributed by atoms with van der Waals surface area (Å²) in [5.41, 5.74) is 3.84. The Balaban J connectivity index is 1.83. The Hall–Kier alpha value is -1.45. The highest BCUT2D eigenvalue weighted by Crippen LogP contribution is 2.23. The highest BCUT2D eigenvalue weighted by Gasteiger charge is 2.20. The molecule has 1 heterocycles. The van der Waals surface area contributed by atoms with Gasteiger partial charge >= 0.3 is 0 Å². The van der Waals surface area contributed by atoms with E-state index in [2.05, 4.69) is 28.5 Å². The van der Waals surface area contributed by atoms with Crippen LogP contribution in [0.25, 0.3) is 10.9 Å². The lowest BCUT2D eigenvalue weighted by atomic mass is 10.0. The first kappa shape index (κ1) is 13.5. The molecule has 20 heavy (non-hydrogen) atoms. The number of nitrogens with one attached hydrogen (secondary N) is 1. The van der Waals surface area contributed by atoms with Gasteiger partial charge in [-0.25, -0.2) is 0 Å². The van der Waals surface area contributed by atoms with Crippen LogP contribution >= 0.6 is 0 Å². The van der Waals surface area contributed by atoms with E-state index in [-0.39, 0.29) is 0 Å². The number of aromatic nitrogens is 1. The van der Waals surface area contributed by atoms with E-state index in [9.17, 15) is 0 Å². The van der Waals surface area contributed by atoms with E-state index in [1.807, 2.05) is 12.3 Å². The molecule has 1 aromatic heterocycles. The fourth-order valence-corrected chi connectivity index (χ4v) is 2.58. The first-order valence-corrected chi connectivity index (χ1v) is 7.45. The molecular weight excluding hydrogens is 248 g/mol. The van der Waals surface area contributed by atoms with E-state index in [1.54, 1.807) is 7.11 Å². The maximum absolute atomic E-state index is 5.14. The molecule has 1 aromatic carbocycles. The highest BCUT2D eigenvalue weighted by atomic mass is 16.5. The molecule has 0 amide bonds. The van der Waals surface area contributed by atoms with E-state index < -0.39 is 0 Å². The van der Waals surface area contributed by atoms with Gasteiger partial charge in [0.25, 0.3) is 0 Å². The molecule has 1 aliphatic rings. The summed E-state index contributed by atoms with van der Waals surface area (Å²) >= 11 is 0. The normalized spacial score (nSPS) is 14.8. The van der Waals surface area contributed by atoms with E-state index in [1.165, 1.54) is 29.4 Å². The number of ether oxygens (including phenoxy) is 1. The summed E-state index contributed by atoms with van der Waals surface area (Å²) in [4.78, 5) is 4.55. The summed E-state index contributed by atoms with van der Waals surface area (Å²) in [6, 6.07) is 9.46. The number of hydrogen-bond acceptors (Lipinski definition) is 3. The second-order valence-electron chi connectivity index (χ2n) is 5.58. The topological polar surface area (TPSA) is 34.1 Å². The Morgan fingerprint density at radius 1 is 1.35 bits per heavy atom. The van der Waals surface area contributed by atoms with Crippen LogP contribution in [-0.4, -0.2) is 24.7 Å². The number of aryl methyl sites for hydroxylation is 1. The van der Waals surface area contributed by atoms with E-state index in [0.29, 0.717) is 0 Å². The van der Waals surface area contributed by atoms with Crippen LogP contribution in [0.1, 0.15) is 30.4 Å². The summed E-state index contributed by atoms with van der Waals surface area (Å²) in [6.07, 6.45) is 6.65. The van der Waals surface area contributed by atoms with Gasteiger partial charge in [-0.3, -0.25) is 4.98 Å². The molecular formula is C17H22N2O. The molecule has 0 atom stereocenters. The zero-order valence-electron chi connectivity index (χ0n) is 12.1. The summed E-state index contributed by atoms with van der Waals surface area (Å²) in [7, 11) is 1.76. The molecule has 0 unspecified atom stereocenters. The minimum absolute atomic E-state index is 0.728. The fraction of sp³-hybridized carbons (Fsp3) is 0.471. The van der Waals surface area contributed by atoms with Crippen LogP contribution in [0.2, 0.25) is 0 Å². The van der Waals surface area contributed by atoms with Crippen LogP contribution in [0.3, 0.4) is 0 Å². The van der Waals surface area contributed by atoms with Gasteiger partial charge in [-0.1, -0.05) is 12.1 Å². The van der Waals surface area contributed by atoms with Crippen molar-refractivity contribution in [1.82, 2.24) is 10.3 Å². The van der Waals surface area contributed by atoms with Crippen molar-refractivity contribution in [3.63, 3.8) is 0 Å². The lowest BCUT2D eigenvalue weighted by Crippen LogP contribution is -2.16. The van der Waals surface area contributed by atoms with Crippen molar-refractivity contribution >= 4 is 10.9 Å². The van der Waals surface area contributed by atoms with Gasteiger partial charge < -0.3 is 10.1 Å². The van der Waals surface area contributed by atoms with Crippen molar-refractivity contribution in [3.8, 4) is 0 Å². The number of pyridine rings is 1. The number of methoxy groups -OCH3 is 1. The molecule has 3 heteroatoms. The van der Waals surface area contributed by atoms with Crippen LogP contribution in [0, 0.1) is 0 Å². The van der Waals surface area contributed by atoms with Crippen molar-refractivity contribution < 1.29 is 4.74 Å². The smallest absolute Gasteiger partial charge is 0.0747 e. The predicted molar refractivity (Wildman–Crippen MR) is 81.8 cm³/mol.